The van der Waals surface area contributed by atoms with Gasteiger partial charge in [0.1, 0.15) is 10.8 Å². The van der Waals surface area contributed by atoms with Gasteiger partial charge in [-0.15, -0.1) is 0 Å². The van der Waals surface area contributed by atoms with Crippen LogP contribution in [0.2, 0.25) is 5.15 Å². The second kappa shape index (κ2) is 13.9. The molecule has 46 heavy (non-hydrogen) atoms. The first-order valence-corrected chi connectivity index (χ1v) is 17.0. The van der Waals surface area contributed by atoms with E-state index in [2.05, 4.69) is 14.7 Å². The van der Waals surface area contributed by atoms with Crippen molar-refractivity contribution in [2.75, 3.05) is 24.4 Å². The second-order valence-electron chi connectivity index (χ2n) is 13.1. The SMILES string of the molecule is Cc1cccc(C)c1-c1cc(Cl)nc(NS(=O)(=O)c2cccc(C(=O)N3C[C@H](O)CN(C(=O)OC(C)(C)C)C[C@@H]3CC(C)C)c2)n1. The van der Waals surface area contributed by atoms with Gasteiger partial charge in [-0.25, -0.2) is 27.9 Å². The summed E-state index contributed by atoms with van der Waals surface area (Å²) in [6.45, 7) is 13.3. The Morgan fingerprint density at radius 1 is 1.04 bits per heavy atom. The number of anilines is 1. The summed E-state index contributed by atoms with van der Waals surface area (Å²) in [5.41, 5.74) is 2.55. The molecule has 1 saturated heterocycles. The topological polar surface area (TPSA) is 142 Å². The van der Waals surface area contributed by atoms with Crippen molar-refractivity contribution in [2.45, 2.75) is 77.5 Å². The highest BCUT2D eigenvalue weighted by Gasteiger charge is 2.36. The number of β-amino-alcohol motifs (C(OH)–C–C–N with tert-alkyl or cyclic N) is 1. The van der Waals surface area contributed by atoms with E-state index < -0.39 is 39.8 Å². The van der Waals surface area contributed by atoms with Gasteiger partial charge >= 0.3 is 6.09 Å². The Kier molecular flexibility index (Phi) is 10.6. The summed E-state index contributed by atoms with van der Waals surface area (Å²) in [5.74, 6) is -0.515. The Morgan fingerprint density at radius 3 is 2.33 bits per heavy atom. The number of hydrogen-bond donors (Lipinski definition) is 2. The van der Waals surface area contributed by atoms with Gasteiger partial charge in [0.15, 0.2) is 0 Å². The van der Waals surface area contributed by atoms with Crippen LogP contribution in [0.4, 0.5) is 10.7 Å². The second-order valence-corrected chi connectivity index (χ2v) is 15.1. The molecule has 2 N–H and O–H groups in total. The summed E-state index contributed by atoms with van der Waals surface area (Å²) in [7, 11) is -4.25. The van der Waals surface area contributed by atoms with Gasteiger partial charge in [-0.2, -0.15) is 0 Å². The maximum atomic E-state index is 14.0. The predicted molar refractivity (Wildman–Crippen MR) is 177 cm³/mol. The van der Waals surface area contributed by atoms with Crippen LogP contribution in [0.3, 0.4) is 0 Å². The van der Waals surface area contributed by atoms with Crippen molar-refractivity contribution < 1.29 is 27.9 Å². The Morgan fingerprint density at radius 2 is 1.70 bits per heavy atom. The molecule has 0 bridgehead atoms. The Labute approximate surface area is 276 Å². The van der Waals surface area contributed by atoms with Crippen molar-refractivity contribution in [3.8, 4) is 11.3 Å². The van der Waals surface area contributed by atoms with Crippen LogP contribution in [0, 0.1) is 19.8 Å². The van der Waals surface area contributed by atoms with Crippen molar-refractivity contribution >= 4 is 39.6 Å². The Hall–Kier alpha value is -3.74. The molecule has 1 aliphatic heterocycles. The van der Waals surface area contributed by atoms with Gasteiger partial charge < -0.3 is 19.6 Å². The number of halogens is 1. The quantitative estimate of drug-likeness (QED) is 0.306. The van der Waals surface area contributed by atoms with Gasteiger partial charge in [0, 0.05) is 30.3 Å². The third-order valence-electron chi connectivity index (χ3n) is 7.42. The molecule has 13 heteroatoms. The third kappa shape index (κ3) is 8.74. The van der Waals surface area contributed by atoms with E-state index in [1.54, 1.807) is 26.8 Å². The fraction of sp³-hybridized carbons (Fsp3) is 0.455. The minimum absolute atomic E-state index is 0.00468. The molecule has 11 nitrogen and oxygen atoms in total. The average Bonchev–Trinajstić information content (AvgIpc) is 3.09. The summed E-state index contributed by atoms with van der Waals surface area (Å²) in [4.78, 5) is 38.2. The van der Waals surface area contributed by atoms with E-state index in [-0.39, 0.29) is 47.1 Å². The standard InChI is InChI=1S/C33H42ClN5O6S/c1-20(2)14-24-17-38(32(42)45-33(5,6)7)18-25(40)19-39(24)30(41)23-12-9-13-26(15-23)46(43,44)37-31-35-27(16-28(34)36-31)29-21(3)10-8-11-22(29)4/h8-13,15-16,20,24-25,40H,14,17-19H2,1-7H3,(H,35,36,37)/t24-,25+/m0/s1. The third-order valence-corrected chi connectivity index (χ3v) is 8.94. The molecule has 2 heterocycles. The van der Waals surface area contributed by atoms with Crippen LogP contribution in [-0.2, 0) is 14.8 Å². The number of benzene rings is 2. The molecule has 2 aromatic carbocycles. The lowest BCUT2D eigenvalue weighted by Crippen LogP contribution is -2.47. The number of aliphatic hydroxyl groups excluding tert-OH is 1. The molecule has 248 valence electrons. The summed E-state index contributed by atoms with van der Waals surface area (Å²) in [6.07, 6.45) is -1.06. The number of nitrogens with one attached hydrogen (secondary N) is 1. The lowest BCUT2D eigenvalue weighted by atomic mass is 10.00. The van der Waals surface area contributed by atoms with Gasteiger partial charge in [-0.3, -0.25) is 4.79 Å². The molecular formula is C33H42ClN5O6S. The lowest BCUT2D eigenvalue weighted by Gasteiger charge is -2.33. The van der Waals surface area contributed by atoms with Crippen LogP contribution in [0.15, 0.2) is 53.4 Å². The van der Waals surface area contributed by atoms with E-state index in [0.29, 0.717) is 12.1 Å². The number of aliphatic hydroxyl groups is 1. The summed E-state index contributed by atoms with van der Waals surface area (Å²) < 4.78 is 35.0. The molecule has 2 amide bonds. The Bertz CT molecular complexity index is 1690. The summed E-state index contributed by atoms with van der Waals surface area (Å²) >= 11 is 6.28. The molecule has 2 atom stereocenters. The fourth-order valence-electron chi connectivity index (χ4n) is 5.54. The molecular weight excluding hydrogens is 630 g/mol. The van der Waals surface area contributed by atoms with Gasteiger partial charge in [0.05, 0.1) is 29.3 Å². The van der Waals surface area contributed by atoms with E-state index in [9.17, 15) is 23.1 Å². The minimum Gasteiger partial charge on any atom is -0.444 e. The van der Waals surface area contributed by atoms with Crippen LogP contribution in [0.5, 0.6) is 0 Å². The largest absolute Gasteiger partial charge is 0.444 e. The van der Waals surface area contributed by atoms with E-state index in [4.69, 9.17) is 16.3 Å². The van der Waals surface area contributed by atoms with E-state index >= 15 is 0 Å². The number of ether oxygens (including phenoxy) is 1. The Balaban J connectivity index is 1.62. The smallest absolute Gasteiger partial charge is 0.410 e. The molecule has 3 aromatic rings. The number of sulfonamides is 1. The van der Waals surface area contributed by atoms with Gasteiger partial charge in [-0.1, -0.05) is 49.7 Å². The maximum absolute atomic E-state index is 14.0. The molecule has 4 rings (SSSR count). The maximum Gasteiger partial charge on any atom is 0.410 e. The van der Waals surface area contributed by atoms with Crippen LogP contribution in [0.1, 0.15) is 62.5 Å². The number of hydrogen-bond acceptors (Lipinski definition) is 8. The molecule has 0 aliphatic carbocycles. The van der Waals surface area contributed by atoms with Crippen LogP contribution >= 0.6 is 11.6 Å². The van der Waals surface area contributed by atoms with Crippen molar-refractivity contribution in [3.63, 3.8) is 0 Å². The molecule has 1 aliphatic rings. The first-order chi connectivity index (χ1) is 21.4. The normalized spacial score (nSPS) is 17.5. The number of aryl methyl sites for hydroxylation is 2. The number of nitrogens with zero attached hydrogens (tertiary/aromatic N) is 4. The first-order valence-electron chi connectivity index (χ1n) is 15.1. The van der Waals surface area contributed by atoms with Crippen molar-refractivity contribution in [1.29, 1.82) is 0 Å². The van der Waals surface area contributed by atoms with Crippen LogP contribution < -0.4 is 4.72 Å². The van der Waals surface area contributed by atoms with Gasteiger partial charge in [-0.05, 0) is 76.3 Å². The zero-order valence-electron chi connectivity index (χ0n) is 27.2. The van der Waals surface area contributed by atoms with E-state index in [1.165, 1.54) is 34.1 Å². The van der Waals surface area contributed by atoms with E-state index in [1.807, 2.05) is 45.9 Å². The molecule has 0 unspecified atom stereocenters. The van der Waals surface area contributed by atoms with Gasteiger partial charge in [0.2, 0.25) is 5.95 Å². The van der Waals surface area contributed by atoms with Crippen LogP contribution in [-0.4, -0.2) is 82.7 Å². The molecule has 1 aromatic heterocycles. The zero-order chi connectivity index (χ0) is 34.0. The van der Waals surface area contributed by atoms with E-state index in [0.717, 1.165) is 16.7 Å². The van der Waals surface area contributed by atoms with Gasteiger partial charge in [0.25, 0.3) is 15.9 Å². The minimum atomic E-state index is -4.25. The summed E-state index contributed by atoms with van der Waals surface area (Å²) in [5, 5.41) is 10.9. The zero-order valence-corrected chi connectivity index (χ0v) is 28.8. The number of carbonyl (C=O) groups is 2. The first kappa shape index (κ1) is 35.1. The van der Waals surface area contributed by atoms with Crippen LogP contribution in [0.25, 0.3) is 11.3 Å². The molecule has 1 fully saturated rings. The van der Waals surface area contributed by atoms with Crippen molar-refractivity contribution in [3.05, 3.63) is 70.4 Å². The number of aromatic nitrogens is 2. The number of rotatable bonds is 7. The summed E-state index contributed by atoms with van der Waals surface area (Å²) in [6, 6.07) is 12.5. The number of amides is 2. The number of carbonyl (C=O) groups excluding carboxylic acids is 2. The monoisotopic (exact) mass is 671 g/mol. The fourth-order valence-corrected chi connectivity index (χ4v) is 6.71. The average molecular weight is 672 g/mol. The highest BCUT2D eigenvalue weighted by Crippen LogP contribution is 2.29. The van der Waals surface area contributed by atoms with Crippen molar-refractivity contribution in [2.24, 2.45) is 5.92 Å². The molecule has 0 saturated carbocycles. The highest BCUT2D eigenvalue weighted by molar-refractivity contribution is 7.92. The molecule has 0 spiro atoms. The molecule has 0 radical (unpaired) electrons. The lowest BCUT2D eigenvalue weighted by molar-refractivity contribution is 0.0171. The highest BCUT2D eigenvalue weighted by atomic mass is 35.5. The predicted octanol–water partition coefficient (Wildman–Crippen LogP) is 5.68. The van der Waals surface area contributed by atoms with Crippen molar-refractivity contribution in [1.82, 2.24) is 19.8 Å².